The van der Waals surface area contributed by atoms with Gasteiger partial charge in [-0.2, -0.15) is 5.10 Å². The molecule has 0 aliphatic rings. The van der Waals surface area contributed by atoms with Gasteiger partial charge in [-0.25, -0.2) is 4.98 Å². The third-order valence-electron chi connectivity index (χ3n) is 3.98. The Balaban J connectivity index is 1.80. The molecule has 0 aliphatic heterocycles. The quantitative estimate of drug-likeness (QED) is 0.609. The lowest BCUT2D eigenvalue weighted by Crippen LogP contribution is -2.00. The van der Waals surface area contributed by atoms with E-state index in [1.54, 1.807) is 11.3 Å². The van der Waals surface area contributed by atoms with E-state index in [2.05, 4.69) is 28.4 Å². The van der Waals surface area contributed by atoms with Crippen LogP contribution >= 0.6 is 11.3 Å². The zero-order valence-corrected chi connectivity index (χ0v) is 14.4. The number of thiophene rings is 1. The first kappa shape index (κ1) is 14.3. The van der Waals surface area contributed by atoms with E-state index in [4.69, 9.17) is 4.42 Å². The van der Waals surface area contributed by atoms with E-state index >= 15 is 0 Å². The van der Waals surface area contributed by atoms with Gasteiger partial charge >= 0.3 is 0 Å². The van der Waals surface area contributed by atoms with Crippen LogP contribution in [-0.4, -0.2) is 14.8 Å². The number of hydrogen-bond donors (Lipinski definition) is 1. The van der Waals surface area contributed by atoms with Crippen LogP contribution in [0, 0.1) is 20.8 Å². The van der Waals surface area contributed by atoms with Crippen LogP contribution in [0.1, 0.15) is 22.8 Å². The monoisotopic (exact) mass is 326 g/mol. The highest BCUT2D eigenvalue weighted by Crippen LogP contribution is 2.38. The lowest BCUT2D eigenvalue weighted by atomic mass is 10.1. The van der Waals surface area contributed by atoms with Crippen LogP contribution in [0.15, 0.2) is 22.6 Å². The van der Waals surface area contributed by atoms with Crippen molar-refractivity contribution in [3.63, 3.8) is 0 Å². The number of rotatable bonds is 3. The average Bonchev–Trinajstić information content (AvgIpc) is 3.13. The molecule has 0 spiro atoms. The first-order chi connectivity index (χ1) is 11.0. The summed E-state index contributed by atoms with van der Waals surface area (Å²) in [5, 5.41) is 9.22. The zero-order chi connectivity index (χ0) is 16.1. The second-order valence-electron chi connectivity index (χ2n) is 5.88. The first-order valence-corrected chi connectivity index (χ1v) is 8.37. The zero-order valence-electron chi connectivity index (χ0n) is 13.6. The molecule has 5 nitrogen and oxygen atoms in total. The molecule has 0 saturated carbocycles. The smallest absolute Gasteiger partial charge is 0.166 e. The Bertz CT molecular complexity index is 1020. The van der Waals surface area contributed by atoms with Gasteiger partial charge in [0.15, 0.2) is 5.82 Å². The normalized spacial score (nSPS) is 11.7. The molecular formula is C17H18N4OS. The van der Waals surface area contributed by atoms with Crippen LogP contribution in [0.25, 0.3) is 20.4 Å². The van der Waals surface area contributed by atoms with Crippen molar-refractivity contribution in [2.75, 3.05) is 5.32 Å². The number of aryl methyl sites for hydroxylation is 4. The fourth-order valence-electron chi connectivity index (χ4n) is 3.00. The van der Waals surface area contributed by atoms with Gasteiger partial charge in [0, 0.05) is 18.1 Å². The second-order valence-corrected chi connectivity index (χ2v) is 6.88. The van der Waals surface area contributed by atoms with Crippen LogP contribution in [0.4, 0.5) is 5.82 Å². The molecule has 0 atom stereocenters. The predicted molar refractivity (Wildman–Crippen MR) is 94.1 cm³/mol. The highest BCUT2D eigenvalue weighted by Gasteiger charge is 2.18. The predicted octanol–water partition coefficient (Wildman–Crippen LogP) is 4.31. The number of nitrogens with one attached hydrogen (secondary N) is 1. The minimum Gasteiger partial charge on any atom is -0.465 e. The summed E-state index contributed by atoms with van der Waals surface area (Å²) in [5.74, 6) is 2.72. The Kier molecular flexibility index (Phi) is 3.16. The molecule has 0 saturated heterocycles. The summed E-state index contributed by atoms with van der Waals surface area (Å²) >= 11 is 1.69. The molecular weight excluding hydrogens is 308 g/mol. The van der Waals surface area contributed by atoms with Crippen molar-refractivity contribution in [3.8, 4) is 0 Å². The van der Waals surface area contributed by atoms with E-state index in [0.717, 1.165) is 38.1 Å². The van der Waals surface area contributed by atoms with E-state index in [1.165, 1.54) is 10.9 Å². The van der Waals surface area contributed by atoms with Gasteiger partial charge < -0.3 is 9.73 Å². The minimum atomic E-state index is 0.625. The number of pyridine rings is 1. The Hall–Kier alpha value is -2.34. The van der Waals surface area contributed by atoms with E-state index in [0.29, 0.717) is 6.54 Å². The highest BCUT2D eigenvalue weighted by molar-refractivity contribution is 7.26. The molecule has 4 heterocycles. The van der Waals surface area contributed by atoms with Gasteiger partial charge in [-0.3, -0.25) is 4.68 Å². The van der Waals surface area contributed by atoms with E-state index in [9.17, 15) is 0 Å². The molecule has 0 aliphatic carbocycles. The summed E-state index contributed by atoms with van der Waals surface area (Å²) in [6.07, 6.45) is 0. The van der Waals surface area contributed by atoms with Gasteiger partial charge in [-0.15, -0.1) is 11.3 Å². The lowest BCUT2D eigenvalue weighted by Gasteiger charge is -2.01. The van der Waals surface area contributed by atoms with Gasteiger partial charge in [0.25, 0.3) is 0 Å². The minimum absolute atomic E-state index is 0.625. The fourth-order valence-corrected chi connectivity index (χ4v) is 4.29. The number of fused-ring (bicyclic) bond motifs is 3. The summed E-state index contributed by atoms with van der Waals surface area (Å²) in [6, 6.07) is 6.09. The van der Waals surface area contributed by atoms with Crippen molar-refractivity contribution in [3.05, 3.63) is 41.0 Å². The number of anilines is 1. The van der Waals surface area contributed by atoms with E-state index in [-0.39, 0.29) is 0 Å². The molecule has 0 amide bonds. The summed E-state index contributed by atoms with van der Waals surface area (Å²) in [6.45, 7) is 6.74. The van der Waals surface area contributed by atoms with Crippen LogP contribution in [0.2, 0.25) is 0 Å². The van der Waals surface area contributed by atoms with Gasteiger partial charge in [0.2, 0.25) is 0 Å². The maximum atomic E-state index is 5.61. The molecule has 23 heavy (non-hydrogen) atoms. The van der Waals surface area contributed by atoms with Crippen LogP contribution in [0.3, 0.4) is 0 Å². The number of hydrogen-bond acceptors (Lipinski definition) is 5. The Labute approximate surface area is 137 Å². The topological polar surface area (TPSA) is 55.9 Å². The third-order valence-corrected chi connectivity index (χ3v) is 5.06. The number of furan rings is 1. The molecule has 0 unspecified atom stereocenters. The van der Waals surface area contributed by atoms with E-state index in [1.807, 2.05) is 37.7 Å². The molecule has 0 fully saturated rings. The van der Waals surface area contributed by atoms with Crippen molar-refractivity contribution < 1.29 is 4.42 Å². The Morgan fingerprint density at radius 1 is 1.26 bits per heavy atom. The number of aromatic nitrogens is 3. The highest BCUT2D eigenvalue weighted by atomic mass is 32.1. The van der Waals surface area contributed by atoms with Crippen LogP contribution in [0.5, 0.6) is 0 Å². The molecule has 0 aromatic carbocycles. The van der Waals surface area contributed by atoms with Crippen molar-refractivity contribution in [2.24, 2.45) is 7.05 Å². The second kappa shape index (κ2) is 5.09. The summed E-state index contributed by atoms with van der Waals surface area (Å²) in [5.41, 5.74) is 3.44. The molecule has 4 aromatic rings. The molecule has 118 valence electrons. The summed E-state index contributed by atoms with van der Waals surface area (Å²) in [7, 11) is 1.98. The molecule has 4 rings (SSSR count). The largest absolute Gasteiger partial charge is 0.465 e. The van der Waals surface area contributed by atoms with E-state index < -0.39 is 0 Å². The standard InChI is InChI=1S/C17H18N4OS/c1-9-7-10(2)19-17-13(9)14-15(23-17)16(20-21(14)4)18-8-12-6-5-11(3)22-12/h5-7H,8H2,1-4H3,(H,18,20). The maximum Gasteiger partial charge on any atom is 0.166 e. The fraction of sp³-hybridized carbons (Fsp3) is 0.294. The van der Waals surface area contributed by atoms with Gasteiger partial charge in [0.05, 0.1) is 16.8 Å². The number of nitrogens with zero attached hydrogens (tertiary/aromatic N) is 3. The van der Waals surface area contributed by atoms with Crippen LogP contribution < -0.4 is 5.32 Å². The maximum absolute atomic E-state index is 5.61. The van der Waals surface area contributed by atoms with Crippen molar-refractivity contribution >= 4 is 37.6 Å². The summed E-state index contributed by atoms with van der Waals surface area (Å²) in [4.78, 5) is 5.75. The Morgan fingerprint density at radius 3 is 2.83 bits per heavy atom. The first-order valence-electron chi connectivity index (χ1n) is 7.55. The van der Waals surface area contributed by atoms with Gasteiger partial charge in [-0.1, -0.05) is 0 Å². The molecule has 4 aromatic heterocycles. The molecule has 1 N–H and O–H groups in total. The molecule has 0 radical (unpaired) electrons. The lowest BCUT2D eigenvalue weighted by molar-refractivity contribution is 0.490. The summed E-state index contributed by atoms with van der Waals surface area (Å²) < 4.78 is 8.70. The third kappa shape index (κ3) is 2.30. The van der Waals surface area contributed by atoms with Crippen LogP contribution in [-0.2, 0) is 13.6 Å². The van der Waals surface area contributed by atoms with Crippen molar-refractivity contribution in [1.82, 2.24) is 14.8 Å². The van der Waals surface area contributed by atoms with Gasteiger partial charge in [-0.05, 0) is 44.5 Å². The Morgan fingerprint density at radius 2 is 2.09 bits per heavy atom. The average molecular weight is 326 g/mol. The van der Waals surface area contributed by atoms with Crippen molar-refractivity contribution in [2.45, 2.75) is 27.3 Å². The molecule has 6 heteroatoms. The van der Waals surface area contributed by atoms with Crippen molar-refractivity contribution in [1.29, 1.82) is 0 Å². The SMILES string of the molecule is Cc1cc(C)c2c(n1)sc1c(NCc3ccc(C)o3)nn(C)c12. The molecule has 0 bridgehead atoms. The van der Waals surface area contributed by atoms with Gasteiger partial charge in [0.1, 0.15) is 16.4 Å².